The number of benzene rings is 2. The predicted octanol–water partition coefficient (Wildman–Crippen LogP) is 2.48. The van der Waals surface area contributed by atoms with Gasteiger partial charge in [-0.05, 0) is 40.2 Å². The minimum absolute atomic E-state index is 0.0561. The average Bonchev–Trinajstić information content (AvgIpc) is 2.69. The number of carbonyl (C=O) groups excluding carboxylic acids is 1. The molecule has 0 fully saturated rings. The molecule has 9 heteroatoms. The molecule has 28 heavy (non-hydrogen) atoms. The first-order chi connectivity index (χ1) is 13.5. The lowest BCUT2D eigenvalue weighted by Crippen LogP contribution is -2.21. The molecule has 0 aliphatic carbocycles. The molecule has 3 rings (SSSR count). The van der Waals surface area contributed by atoms with Crippen LogP contribution < -0.4 is 15.7 Å². The highest BCUT2D eigenvalue weighted by atomic mass is 79.9. The molecule has 1 heterocycles. The molecule has 0 radical (unpaired) electrons. The Balaban J connectivity index is 1.61. The summed E-state index contributed by atoms with van der Waals surface area (Å²) in [6.45, 7) is 0. The van der Waals surface area contributed by atoms with Gasteiger partial charge in [0.05, 0.1) is 28.8 Å². The van der Waals surface area contributed by atoms with Crippen LogP contribution in [0, 0.1) is 0 Å². The van der Waals surface area contributed by atoms with Gasteiger partial charge in [-0.15, -0.1) is 0 Å². The Morgan fingerprint density at radius 3 is 2.93 bits per heavy atom. The van der Waals surface area contributed by atoms with Crippen molar-refractivity contribution in [3.63, 3.8) is 0 Å². The summed E-state index contributed by atoms with van der Waals surface area (Å²) in [5.74, 6) is -0.0972. The number of aromatic amines is 1. The van der Waals surface area contributed by atoms with E-state index in [0.717, 1.165) is 0 Å². The maximum atomic E-state index is 12.0. The van der Waals surface area contributed by atoms with Crippen LogP contribution in [0.15, 0.2) is 50.8 Å². The Morgan fingerprint density at radius 2 is 2.14 bits per heavy atom. The van der Waals surface area contributed by atoms with E-state index >= 15 is 0 Å². The van der Waals surface area contributed by atoms with Gasteiger partial charge >= 0.3 is 0 Å². The van der Waals surface area contributed by atoms with Crippen molar-refractivity contribution in [2.75, 3.05) is 7.11 Å². The van der Waals surface area contributed by atoms with Crippen LogP contribution in [0.3, 0.4) is 0 Å². The van der Waals surface area contributed by atoms with Crippen LogP contribution in [-0.2, 0) is 11.2 Å². The van der Waals surface area contributed by atoms with Crippen LogP contribution in [0.2, 0.25) is 0 Å². The number of aromatic nitrogens is 2. The molecule has 3 aromatic rings. The quantitative estimate of drug-likeness (QED) is 0.398. The van der Waals surface area contributed by atoms with Gasteiger partial charge in [-0.2, -0.15) is 5.10 Å². The number of aryl methyl sites for hydroxylation is 1. The van der Waals surface area contributed by atoms with Crippen molar-refractivity contribution in [1.82, 2.24) is 15.4 Å². The number of H-pyrrole nitrogens is 1. The second kappa shape index (κ2) is 8.66. The SMILES string of the molecule is COc1ccc(/C=N\NC(=O)CCc2nc3ccccc3[nH]c2=O)c(Br)c1O. The number of carbonyl (C=O) groups is 1. The highest BCUT2D eigenvalue weighted by Crippen LogP contribution is 2.35. The molecule has 0 unspecified atom stereocenters. The fourth-order valence-corrected chi connectivity index (χ4v) is 2.96. The van der Waals surface area contributed by atoms with Gasteiger partial charge in [0, 0.05) is 18.4 Å². The first-order valence-corrected chi connectivity index (χ1v) is 9.14. The minimum atomic E-state index is -0.362. The predicted molar refractivity (Wildman–Crippen MR) is 109 cm³/mol. The van der Waals surface area contributed by atoms with E-state index in [-0.39, 0.29) is 30.1 Å². The van der Waals surface area contributed by atoms with Crippen molar-refractivity contribution in [3.05, 3.63) is 62.5 Å². The van der Waals surface area contributed by atoms with Gasteiger partial charge in [0.25, 0.3) is 5.56 Å². The second-order valence-corrected chi connectivity index (χ2v) is 6.64. The standard InChI is InChI=1S/C19H17BrN4O4/c1-28-15-8-6-11(17(20)18(15)26)10-21-24-16(25)9-7-14-19(27)23-13-5-3-2-4-12(13)22-14/h2-6,8,10,26H,7,9H2,1H3,(H,23,27)(H,24,25)/b21-10-. The molecular weight excluding hydrogens is 428 g/mol. The summed E-state index contributed by atoms with van der Waals surface area (Å²) in [5, 5.41) is 13.8. The van der Waals surface area contributed by atoms with E-state index in [1.54, 1.807) is 24.3 Å². The molecule has 1 amide bonds. The van der Waals surface area contributed by atoms with Gasteiger partial charge in [-0.1, -0.05) is 12.1 Å². The third-order valence-corrected chi connectivity index (χ3v) is 4.81. The summed E-state index contributed by atoms with van der Waals surface area (Å²) >= 11 is 3.25. The zero-order valence-corrected chi connectivity index (χ0v) is 16.5. The lowest BCUT2D eigenvalue weighted by Gasteiger charge is -2.07. The number of nitrogens with one attached hydrogen (secondary N) is 2. The maximum absolute atomic E-state index is 12.0. The van der Waals surface area contributed by atoms with Gasteiger partial charge in [-0.25, -0.2) is 10.4 Å². The van der Waals surface area contributed by atoms with E-state index in [4.69, 9.17) is 4.74 Å². The highest BCUT2D eigenvalue weighted by Gasteiger charge is 2.10. The minimum Gasteiger partial charge on any atom is -0.503 e. The maximum Gasteiger partial charge on any atom is 0.270 e. The van der Waals surface area contributed by atoms with Crippen LogP contribution in [-0.4, -0.2) is 34.3 Å². The van der Waals surface area contributed by atoms with Crippen molar-refractivity contribution in [3.8, 4) is 11.5 Å². The molecule has 0 saturated carbocycles. The zero-order chi connectivity index (χ0) is 20.1. The molecule has 0 atom stereocenters. The fourth-order valence-electron chi connectivity index (χ4n) is 2.53. The number of phenolic OH excluding ortho intramolecular Hbond substituents is 1. The zero-order valence-electron chi connectivity index (χ0n) is 14.9. The number of phenols is 1. The molecule has 2 aromatic carbocycles. The van der Waals surface area contributed by atoms with Gasteiger partial charge in [-0.3, -0.25) is 9.59 Å². The first-order valence-electron chi connectivity index (χ1n) is 8.35. The van der Waals surface area contributed by atoms with Crippen molar-refractivity contribution >= 4 is 39.1 Å². The largest absolute Gasteiger partial charge is 0.503 e. The molecule has 144 valence electrons. The third kappa shape index (κ3) is 4.37. The molecule has 0 saturated heterocycles. The monoisotopic (exact) mass is 444 g/mol. The van der Waals surface area contributed by atoms with E-state index in [1.165, 1.54) is 13.3 Å². The molecule has 8 nitrogen and oxygen atoms in total. The van der Waals surface area contributed by atoms with Crippen molar-refractivity contribution in [2.24, 2.45) is 5.10 Å². The number of aromatic hydroxyl groups is 1. The summed E-state index contributed by atoms with van der Waals surface area (Å²) in [5.41, 5.74) is 4.25. The lowest BCUT2D eigenvalue weighted by molar-refractivity contribution is -0.121. The van der Waals surface area contributed by atoms with Crippen molar-refractivity contribution < 1.29 is 14.6 Å². The Morgan fingerprint density at radius 1 is 1.36 bits per heavy atom. The van der Waals surface area contributed by atoms with Crippen LogP contribution in [0.1, 0.15) is 17.7 Å². The van der Waals surface area contributed by atoms with Crippen LogP contribution >= 0.6 is 15.9 Å². The third-order valence-electron chi connectivity index (χ3n) is 3.98. The topological polar surface area (TPSA) is 117 Å². The Bertz CT molecular complexity index is 1110. The Kier molecular flexibility index (Phi) is 6.05. The molecule has 0 aliphatic heterocycles. The van der Waals surface area contributed by atoms with Gasteiger partial charge in [0.15, 0.2) is 11.5 Å². The summed E-state index contributed by atoms with van der Waals surface area (Å²) in [7, 11) is 1.45. The number of amides is 1. The average molecular weight is 445 g/mol. The molecule has 0 aliphatic rings. The number of rotatable bonds is 6. The number of hydrazone groups is 1. The van der Waals surface area contributed by atoms with Crippen molar-refractivity contribution in [2.45, 2.75) is 12.8 Å². The lowest BCUT2D eigenvalue weighted by atomic mass is 10.2. The molecular formula is C19H17BrN4O4. The summed E-state index contributed by atoms with van der Waals surface area (Å²) in [6.07, 6.45) is 1.64. The van der Waals surface area contributed by atoms with Crippen molar-refractivity contribution in [1.29, 1.82) is 0 Å². The van der Waals surface area contributed by atoms with E-state index in [1.807, 2.05) is 12.1 Å². The number of ether oxygens (including phenoxy) is 1. The molecule has 0 spiro atoms. The fraction of sp³-hybridized carbons (Fsp3) is 0.158. The normalized spacial score (nSPS) is 11.1. The smallest absolute Gasteiger partial charge is 0.270 e. The van der Waals surface area contributed by atoms with Gasteiger partial charge < -0.3 is 14.8 Å². The van der Waals surface area contributed by atoms with Crippen LogP contribution in [0.5, 0.6) is 11.5 Å². The Labute approximate surface area is 168 Å². The number of nitrogens with zero attached hydrogens (tertiary/aromatic N) is 2. The molecule has 3 N–H and O–H groups in total. The van der Waals surface area contributed by atoms with E-state index in [2.05, 4.69) is 36.4 Å². The number of para-hydroxylation sites is 2. The number of hydrogen-bond acceptors (Lipinski definition) is 6. The molecule has 0 bridgehead atoms. The van der Waals surface area contributed by atoms with E-state index < -0.39 is 0 Å². The van der Waals surface area contributed by atoms with Gasteiger partial charge in [0.1, 0.15) is 5.69 Å². The summed E-state index contributed by atoms with van der Waals surface area (Å²) < 4.78 is 5.41. The Hall–Kier alpha value is -3.20. The second-order valence-electron chi connectivity index (χ2n) is 5.84. The number of fused-ring (bicyclic) bond motifs is 1. The van der Waals surface area contributed by atoms with E-state index in [9.17, 15) is 14.7 Å². The van der Waals surface area contributed by atoms with Crippen LogP contribution in [0.25, 0.3) is 11.0 Å². The number of halogens is 1. The van der Waals surface area contributed by atoms with Crippen LogP contribution in [0.4, 0.5) is 0 Å². The number of hydrogen-bond donors (Lipinski definition) is 3. The van der Waals surface area contributed by atoms with E-state index in [0.29, 0.717) is 32.5 Å². The molecule has 1 aromatic heterocycles. The highest BCUT2D eigenvalue weighted by molar-refractivity contribution is 9.10. The summed E-state index contributed by atoms with van der Waals surface area (Å²) in [4.78, 5) is 31.1. The summed E-state index contributed by atoms with van der Waals surface area (Å²) in [6, 6.07) is 10.5. The first kappa shape index (κ1) is 19.6. The number of methoxy groups -OCH3 is 1. The van der Waals surface area contributed by atoms with Gasteiger partial charge in [0.2, 0.25) is 5.91 Å².